The van der Waals surface area contributed by atoms with E-state index in [4.69, 9.17) is 0 Å². The predicted molar refractivity (Wildman–Crippen MR) is 79.0 cm³/mol. The Labute approximate surface area is 124 Å². The molecule has 1 aromatic carbocycles. The van der Waals surface area contributed by atoms with Crippen LogP contribution in [0.2, 0.25) is 0 Å². The van der Waals surface area contributed by atoms with Gasteiger partial charge in [-0.15, -0.1) is 0 Å². The Morgan fingerprint density at radius 2 is 2.11 bits per heavy atom. The fourth-order valence-electron chi connectivity index (χ4n) is 3.12. The summed E-state index contributed by atoms with van der Waals surface area (Å²) in [5.74, 6) is 1.41. The van der Waals surface area contributed by atoms with Crippen molar-refractivity contribution in [1.82, 2.24) is 5.32 Å². The molecule has 1 aromatic rings. The molecule has 2 aliphatic rings. The fourth-order valence-corrected chi connectivity index (χ4v) is 5.15. The molecule has 0 bridgehead atoms. The van der Waals surface area contributed by atoms with E-state index in [1.807, 2.05) is 36.0 Å². The number of carbonyl (C=O) groups is 2. The fraction of sp³-hybridized carbons (Fsp3) is 0.429. The maximum atomic E-state index is 12.4. The van der Waals surface area contributed by atoms with Gasteiger partial charge in [0, 0.05) is 22.1 Å². The standard InChI is InChI=1S/C14H14BrNO2S/c15-10-4-2-1-3-9(10)12-13(18)16-11(17)7-14(12)5-6-19-8-14/h1-4,12H,5-8H2,(H,16,17,18). The van der Waals surface area contributed by atoms with E-state index in [2.05, 4.69) is 21.2 Å². The number of hydrogen-bond donors (Lipinski definition) is 1. The van der Waals surface area contributed by atoms with E-state index < -0.39 is 0 Å². The molecule has 0 saturated carbocycles. The average Bonchev–Trinajstić information content (AvgIpc) is 2.79. The van der Waals surface area contributed by atoms with Crippen molar-refractivity contribution >= 4 is 39.5 Å². The number of nitrogens with one attached hydrogen (secondary N) is 1. The van der Waals surface area contributed by atoms with Crippen molar-refractivity contribution in [3.8, 4) is 0 Å². The lowest BCUT2D eigenvalue weighted by atomic mass is 9.67. The van der Waals surface area contributed by atoms with Crippen LogP contribution in [0.3, 0.4) is 0 Å². The van der Waals surface area contributed by atoms with E-state index in [1.54, 1.807) is 0 Å². The summed E-state index contributed by atoms with van der Waals surface area (Å²) in [5.41, 5.74) is 0.795. The number of amides is 2. The van der Waals surface area contributed by atoms with Gasteiger partial charge in [0.25, 0.3) is 0 Å². The molecule has 2 saturated heterocycles. The van der Waals surface area contributed by atoms with Crippen molar-refractivity contribution in [2.45, 2.75) is 18.8 Å². The Balaban J connectivity index is 2.08. The van der Waals surface area contributed by atoms with Crippen LogP contribution >= 0.6 is 27.7 Å². The monoisotopic (exact) mass is 339 g/mol. The highest BCUT2D eigenvalue weighted by molar-refractivity contribution is 9.10. The molecule has 2 unspecified atom stereocenters. The van der Waals surface area contributed by atoms with Gasteiger partial charge in [0.05, 0.1) is 5.92 Å². The number of imide groups is 1. The SMILES string of the molecule is O=C1CC2(CCSC2)C(c2ccccc2Br)C(=O)N1. The number of thioether (sulfide) groups is 1. The number of rotatable bonds is 1. The van der Waals surface area contributed by atoms with Gasteiger partial charge in [-0.1, -0.05) is 34.1 Å². The van der Waals surface area contributed by atoms with Crippen LogP contribution in [0.25, 0.3) is 0 Å². The number of hydrogen-bond acceptors (Lipinski definition) is 3. The van der Waals surface area contributed by atoms with Crippen LogP contribution in [0.4, 0.5) is 0 Å². The normalized spacial score (nSPS) is 30.7. The van der Waals surface area contributed by atoms with Crippen molar-refractivity contribution in [2.24, 2.45) is 5.41 Å². The van der Waals surface area contributed by atoms with E-state index in [1.165, 1.54) is 0 Å². The van der Waals surface area contributed by atoms with Crippen LogP contribution in [0.5, 0.6) is 0 Å². The van der Waals surface area contributed by atoms with Crippen molar-refractivity contribution in [3.05, 3.63) is 34.3 Å². The van der Waals surface area contributed by atoms with Crippen LogP contribution in [0.15, 0.2) is 28.7 Å². The van der Waals surface area contributed by atoms with Crippen LogP contribution < -0.4 is 5.32 Å². The topological polar surface area (TPSA) is 46.2 Å². The maximum absolute atomic E-state index is 12.4. The van der Waals surface area contributed by atoms with Gasteiger partial charge in [-0.25, -0.2) is 0 Å². The molecular formula is C14H14BrNO2S. The first-order valence-electron chi connectivity index (χ1n) is 6.28. The summed E-state index contributed by atoms with van der Waals surface area (Å²) in [4.78, 5) is 24.1. The van der Waals surface area contributed by atoms with E-state index in [-0.39, 0.29) is 23.1 Å². The van der Waals surface area contributed by atoms with Crippen molar-refractivity contribution in [2.75, 3.05) is 11.5 Å². The zero-order valence-electron chi connectivity index (χ0n) is 10.3. The molecule has 19 heavy (non-hydrogen) atoms. The van der Waals surface area contributed by atoms with Gasteiger partial charge in [-0.3, -0.25) is 14.9 Å². The first-order valence-corrected chi connectivity index (χ1v) is 8.23. The third-order valence-electron chi connectivity index (χ3n) is 4.00. The molecule has 2 amide bonds. The zero-order chi connectivity index (χ0) is 13.5. The second-order valence-electron chi connectivity index (χ2n) is 5.21. The van der Waals surface area contributed by atoms with Crippen molar-refractivity contribution in [1.29, 1.82) is 0 Å². The lowest BCUT2D eigenvalue weighted by Crippen LogP contribution is -2.51. The smallest absolute Gasteiger partial charge is 0.234 e. The zero-order valence-corrected chi connectivity index (χ0v) is 12.7. The van der Waals surface area contributed by atoms with E-state index in [0.717, 1.165) is 28.0 Å². The summed E-state index contributed by atoms with van der Waals surface area (Å²) in [5, 5.41) is 2.50. The molecule has 5 heteroatoms. The van der Waals surface area contributed by atoms with Crippen molar-refractivity contribution < 1.29 is 9.59 Å². The number of piperidine rings is 1. The van der Waals surface area contributed by atoms with Gasteiger partial charge in [-0.2, -0.15) is 11.8 Å². The highest BCUT2D eigenvalue weighted by Crippen LogP contribution is 2.52. The number of benzene rings is 1. The molecular weight excluding hydrogens is 326 g/mol. The predicted octanol–water partition coefficient (Wildman–Crippen LogP) is 2.70. The maximum Gasteiger partial charge on any atom is 0.234 e. The van der Waals surface area contributed by atoms with Crippen molar-refractivity contribution in [3.63, 3.8) is 0 Å². The second-order valence-corrected chi connectivity index (χ2v) is 7.17. The van der Waals surface area contributed by atoms with E-state index in [0.29, 0.717) is 6.42 Å². The summed E-state index contributed by atoms with van der Waals surface area (Å²) in [6, 6.07) is 7.82. The Morgan fingerprint density at radius 3 is 2.79 bits per heavy atom. The molecule has 3 rings (SSSR count). The molecule has 0 radical (unpaired) electrons. The Morgan fingerprint density at radius 1 is 1.32 bits per heavy atom. The van der Waals surface area contributed by atoms with Crippen LogP contribution in [-0.4, -0.2) is 23.3 Å². The quantitative estimate of drug-likeness (QED) is 0.800. The largest absolute Gasteiger partial charge is 0.296 e. The molecule has 2 aliphatic heterocycles. The van der Waals surface area contributed by atoms with E-state index in [9.17, 15) is 9.59 Å². The average molecular weight is 340 g/mol. The summed E-state index contributed by atoms with van der Waals surface area (Å²) in [6.45, 7) is 0. The van der Waals surface area contributed by atoms with Gasteiger partial charge in [-0.05, 0) is 23.8 Å². The summed E-state index contributed by atoms with van der Waals surface area (Å²) in [7, 11) is 0. The lowest BCUT2D eigenvalue weighted by Gasteiger charge is -2.39. The highest BCUT2D eigenvalue weighted by atomic mass is 79.9. The number of halogens is 1. The van der Waals surface area contributed by atoms with Gasteiger partial charge >= 0.3 is 0 Å². The third-order valence-corrected chi connectivity index (χ3v) is 5.99. The minimum Gasteiger partial charge on any atom is -0.296 e. The van der Waals surface area contributed by atoms with Crippen LogP contribution in [0, 0.1) is 5.41 Å². The first-order chi connectivity index (χ1) is 9.12. The molecule has 100 valence electrons. The molecule has 1 spiro atoms. The van der Waals surface area contributed by atoms with Gasteiger partial charge in [0.15, 0.2) is 0 Å². The Hall–Kier alpha value is -0.810. The molecule has 0 aliphatic carbocycles. The Bertz CT molecular complexity index is 540. The minimum atomic E-state index is -0.226. The molecule has 2 atom stereocenters. The van der Waals surface area contributed by atoms with Crippen LogP contribution in [0.1, 0.15) is 24.3 Å². The van der Waals surface area contributed by atoms with Crippen LogP contribution in [-0.2, 0) is 9.59 Å². The summed E-state index contributed by atoms with van der Waals surface area (Å²) >= 11 is 5.37. The molecule has 0 aromatic heterocycles. The minimum absolute atomic E-state index is 0.129. The molecule has 2 fully saturated rings. The van der Waals surface area contributed by atoms with Gasteiger partial charge in [0.2, 0.25) is 11.8 Å². The second kappa shape index (κ2) is 4.94. The van der Waals surface area contributed by atoms with E-state index >= 15 is 0 Å². The molecule has 2 heterocycles. The molecule has 3 nitrogen and oxygen atoms in total. The Kier molecular flexibility index (Phi) is 3.43. The summed E-state index contributed by atoms with van der Waals surface area (Å²) < 4.78 is 0.945. The van der Waals surface area contributed by atoms with Gasteiger partial charge < -0.3 is 0 Å². The first kappa shape index (κ1) is 13.2. The highest BCUT2D eigenvalue weighted by Gasteiger charge is 2.51. The van der Waals surface area contributed by atoms with Gasteiger partial charge in [0.1, 0.15) is 0 Å². The molecule has 1 N–H and O–H groups in total. The third kappa shape index (κ3) is 2.23. The lowest BCUT2D eigenvalue weighted by molar-refractivity contribution is -0.139. The summed E-state index contributed by atoms with van der Waals surface area (Å²) in [6.07, 6.45) is 1.39. The number of carbonyl (C=O) groups excluding carboxylic acids is 2.